The zero-order valence-corrected chi connectivity index (χ0v) is 17.1. The number of furan rings is 1. The number of benzene rings is 2. The molecule has 7 nitrogen and oxygen atoms in total. The van der Waals surface area contributed by atoms with Crippen LogP contribution in [0.25, 0.3) is 11.0 Å². The van der Waals surface area contributed by atoms with Crippen LogP contribution in [0, 0.1) is 5.41 Å². The van der Waals surface area contributed by atoms with Crippen molar-refractivity contribution in [2.75, 3.05) is 24.9 Å². The number of carbonyl (C=O) groups is 2. The number of nitrogens with one attached hydrogen (secondary N) is 2. The lowest BCUT2D eigenvalue weighted by Crippen LogP contribution is -2.28. The Hall–Kier alpha value is -3.48. The van der Waals surface area contributed by atoms with Crippen LogP contribution in [-0.4, -0.2) is 26.0 Å². The maximum absolute atomic E-state index is 13.1. The Labute approximate surface area is 169 Å². The molecule has 0 bridgehead atoms. The monoisotopic (exact) mass is 396 g/mol. The summed E-state index contributed by atoms with van der Waals surface area (Å²) in [6.07, 6.45) is 0. The van der Waals surface area contributed by atoms with Crippen LogP contribution in [0.5, 0.6) is 11.5 Å². The van der Waals surface area contributed by atoms with Gasteiger partial charge in [-0.1, -0.05) is 32.9 Å². The molecule has 0 aliphatic carbocycles. The van der Waals surface area contributed by atoms with Crippen molar-refractivity contribution in [1.29, 1.82) is 0 Å². The molecular weight excluding hydrogens is 372 g/mol. The van der Waals surface area contributed by atoms with Crippen LogP contribution in [-0.2, 0) is 4.79 Å². The number of hydrogen-bond donors (Lipinski definition) is 2. The Balaban J connectivity index is 2.02. The van der Waals surface area contributed by atoms with Gasteiger partial charge >= 0.3 is 0 Å². The molecule has 2 amide bonds. The minimum atomic E-state index is -0.637. The maximum atomic E-state index is 13.1. The lowest BCUT2D eigenvalue weighted by molar-refractivity contribution is -0.123. The van der Waals surface area contributed by atoms with Crippen molar-refractivity contribution in [3.05, 3.63) is 48.2 Å². The van der Waals surface area contributed by atoms with E-state index in [1.54, 1.807) is 57.2 Å². The minimum absolute atomic E-state index is 0.00803. The van der Waals surface area contributed by atoms with E-state index in [4.69, 9.17) is 13.9 Å². The van der Waals surface area contributed by atoms with Gasteiger partial charge in [0.1, 0.15) is 22.8 Å². The van der Waals surface area contributed by atoms with Crippen LogP contribution >= 0.6 is 0 Å². The highest BCUT2D eigenvalue weighted by Crippen LogP contribution is 2.34. The molecule has 0 unspecified atom stereocenters. The molecule has 0 spiro atoms. The van der Waals surface area contributed by atoms with Gasteiger partial charge in [-0.2, -0.15) is 0 Å². The van der Waals surface area contributed by atoms with Gasteiger partial charge < -0.3 is 24.5 Å². The smallest absolute Gasteiger partial charge is 0.293 e. The van der Waals surface area contributed by atoms with Gasteiger partial charge in [-0.05, 0) is 24.3 Å². The minimum Gasteiger partial charge on any atom is -0.497 e. The van der Waals surface area contributed by atoms with Gasteiger partial charge in [-0.15, -0.1) is 0 Å². The average molecular weight is 396 g/mol. The first-order valence-electron chi connectivity index (χ1n) is 9.11. The van der Waals surface area contributed by atoms with Crippen LogP contribution in [0.1, 0.15) is 31.3 Å². The summed E-state index contributed by atoms with van der Waals surface area (Å²) in [7, 11) is 3.04. The number of hydrogen-bond acceptors (Lipinski definition) is 5. The van der Waals surface area contributed by atoms with Crippen molar-refractivity contribution in [3.8, 4) is 11.5 Å². The molecule has 0 atom stereocenters. The highest BCUT2D eigenvalue weighted by molar-refractivity contribution is 6.15. The lowest BCUT2D eigenvalue weighted by Gasteiger charge is -2.18. The zero-order valence-electron chi connectivity index (χ0n) is 17.1. The third-order valence-electron chi connectivity index (χ3n) is 4.38. The number of carbonyl (C=O) groups excluding carboxylic acids is 2. The van der Waals surface area contributed by atoms with Gasteiger partial charge in [0.05, 0.1) is 19.9 Å². The first-order valence-corrected chi connectivity index (χ1v) is 9.11. The molecule has 29 heavy (non-hydrogen) atoms. The summed E-state index contributed by atoms with van der Waals surface area (Å²) in [6.45, 7) is 5.39. The van der Waals surface area contributed by atoms with E-state index in [2.05, 4.69) is 10.6 Å². The Bertz CT molecular complexity index is 1060. The summed E-state index contributed by atoms with van der Waals surface area (Å²) in [4.78, 5) is 25.6. The standard InChI is InChI=1S/C22H24N2O5/c1-22(2,3)21(26)24-18-14-8-6-7-9-16(14)29-19(18)20(25)23-15-12-13(27-4)10-11-17(15)28-5/h6-12H,1-5H3,(H,23,25)(H,24,26). The molecule has 0 radical (unpaired) electrons. The van der Waals surface area contributed by atoms with E-state index >= 15 is 0 Å². The average Bonchev–Trinajstić information content (AvgIpc) is 3.06. The van der Waals surface area contributed by atoms with Crippen LogP contribution in [0.3, 0.4) is 0 Å². The first kappa shape index (κ1) is 20.3. The second-order valence-corrected chi connectivity index (χ2v) is 7.53. The predicted octanol–water partition coefficient (Wildman–Crippen LogP) is 4.69. The molecule has 0 aliphatic rings. The molecule has 3 rings (SSSR count). The fraction of sp³-hybridized carbons (Fsp3) is 0.273. The zero-order chi connectivity index (χ0) is 21.2. The van der Waals surface area contributed by atoms with E-state index < -0.39 is 11.3 Å². The van der Waals surface area contributed by atoms with E-state index in [0.717, 1.165) is 0 Å². The van der Waals surface area contributed by atoms with Crippen LogP contribution in [0.4, 0.5) is 11.4 Å². The highest BCUT2D eigenvalue weighted by atomic mass is 16.5. The first-order chi connectivity index (χ1) is 13.7. The van der Waals surface area contributed by atoms with Gasteiger partial charge in [0.25, 0.3) is 5.91 Å². The summed E-state index contributed by atoms with van der Waals surface area (Å²) in [5.41, 5.74) is 0.618. The Kier molecular flexibility index (Phi) is 5.50. The predicted molar refractivity (Wildman–Crippen MR) is 112 cm³/mol. The number of amides is 2. The number of ether oxygens (including phenoxy) is 2. The highest BCUT2D eigenvalue weighted by Gasteiger charge is 2.27. The SMILES string of the molecule is COc1ccc(OC)c(NC(=O)c2oc3ccccc3c2NC(=O)C(C)(C)C)c1. The maximum Gasteiger partial charge on any atom is 0.293 e. The van der Waals surface area contributed by atoms with Crippen molar-refractivity contribution in [3.63, 3.8) is 0 Å². The molecule has 1 heterocycles. The molecule has 0 saturated heterocycles. The molecular formula is C22H24N2O5. The molecule has 0 aliphatic heterocycles. The summed E-state index contributed by atoms with van der Waals surface area (Å²) >= 11 is 0. The normalized spacial score (nSPS) is 11.2. The quantitative estimate of drug-likeness (QED) is 0.653. The molecule has 1 aromatic heterocycles. The second-order valence-electron chi connectivity index (χ2n) is 7.53. The molecule has 2 aromatic carbocycles. The van der Waals surface area contributed by atoms with Gasteiger partial charge in [-0.25, -0.2) is 0 Å². The van der Waals surface area contributed by atoms with E-state index in [1.165, 1.54) is 14.2 Å². The van der Waals surface area contributed by atoms with Crippen molar-refractivity contribution in [2.24, 2.45) is 5.41 Å². The number of para-hydroxylation sites is 1. The van der Waals surface area contributed by atoms with Gasteiger partial charge in [0.2, 0.25) is 11.7 Å². The van der Waals surface area contributed by atoms with E-state index in [9.17, 15) is 9.59 Å². The number of methoxy groups -OCH3 is 2. The topological polar surface area (TPSA) is 89.8 Å². The van der Waals surface area contributed by atoms with Crippen LogP contribution < -0.4 is 20.1 Å². The number of rotatable bonds is 5. The Morgan fingerprint density at radius 3 is 2.34 bits per heavy atom. The van der Waals surface area contributed by atoms with Crippen molar-refractivity contribution in [2.45, 2.75) is 20.8 Å². The molecule has 0 saturated carbocycles. The van der Waals surface area contributed by atoms with Crippen molar-refractivity contribution < 1.29 is 23.5 Å². The fourth-order valence-corrected chi connectivity index (χ4v) is 2.72. The third kappa shape index (κ3) is 4.18. The van der Waals surface area contributed by atoms with Crippen molar-refractivity contribution in [1.82, 2.24) is 0 Å². The van der Waals surface area contributed by atoms with Gasteiger partial charge in [-0.3, -0.25) is 9.59 Å². The van der Waals surface area contributed by atoms with E-state index in [1.807, 2.05) is 6.07 Å². The number of fused-ring (bicyclic) bond motifs is 1. The fourth-order valence-electron chi connectivity index (χ4n) is 2.72. The lowest BCUT2D eigenvalue weighted by atomic mass is 9.95. The summed E-state index contributed by atoms with van der Waals surface area (Å²) in [5, 5.41) is 6.26. The van der Waals surface area contributed by atoms with Crippen LogP contribution in [0.2, 0.25) is 0 Å². The van der Waals surface area contributed by atoms with E-state index in [-0.39, 0.29) is 11.7 Å². The largest absolute Gasteiger partial charge is 0.497 e. The summed E-state index contributed by atoms with van der Waals surface area (Å²) in [6, 6.07) is 12.2. The molecule has 3 aromatic rings. The molecule has 152 valence electrons. The van der Waals surface area contributed by atoms with Crippen molar-refractivity contribution >= 4 is 34.2 Å². The summed E-state index contributed by atoms with van der Waals surface area (Å²) in [5.74, 6) is 0.296. The molecule has 7 heteroatoms. The molecule has 0 fully saturated rings. The van der Waals surface area contributed by atoms with Gasteiger partial charge in [0, 0.05) is 16.9 Å². The van der Waals surface area contributed by atoms with E-state index in [0.29, 0.717) is 33.8 Å². The number of anilines is 2. The third-order valence-corrected chi connectivity index (χ3v) is 4.38. The Morgan fingerprint density at radius 2 is 1.69 bits per heavy atom. The van der Waals surface area contributed by atoms with Crippen LogP contribution in [0.15, 0.2) is 46.9 Å². The Morgan fingerprint density at radius 1 is 0.966 bits per heavy atom. The molecule has 2 N–H and O–H groups in total. The van der Waals surface area contributed by atoms with Gasteiger partial charge in [0.15, 0.2) is 0 Å². The summed E-state index contributed by atoms with van der Waals surface area (Å²) < 4.78 is 16.3. The second kappa shape index (κ2) is 7.87.